The summed E-state index contributed by atoms with van der Waals surface area (Å²) in [5, 5.41) is 0. The number of nitrogens with two attached hydrogens (primary N) is 1. The van der Waals surface area contributed by atoms with Gasteiger partial charge in [0, 0.05) is 12.4 Å². The maximum Gasteiger partial charge on any atom is 0.0404 e. The van der Waals surface area contributed by atoms with Crippen molar-refractivity contribution in [2.75, 3.05) is 12.4 Å². The first-order valence-corrected chi connectivity index (χ1v) is 2.36. The van der Waals surface area contributed by atoms with Gasteiger partial charge in [0.15, 0.2) is 0 Å². The number of alkyl halides is 1. The molecule has 0 aliphatic carbocycles. The SMILES string of the molecule is Cl.NC/C=C\CCl. The summed E-state index contributed by atoms with van der Waals surface area (Å²) in [4.78, 5) is 0. The van der Waals surface area contributed by atoms with Crippen LogP contribution in [0.15, 0.2) is 12.2 Å². The van der Waals surface area contributed by atoms with Crippen molar-refractivity contribution in [3.63, 3.8) is 0 Å². The third-order valence-corrected chi connectivity index (χ3v) is 0.570. The number of halogens is 2. The molecule has 0 aromatic heterocycles. The fraction of sp³-hybridized carbons (Fsp3) is 0.500. The minimum atomic E-state index is 0. The van der Waals surface area contributed by atoms with Gasteiger partial charge in [0.2, 0.25) is 0 Å². The second-order valence-corrected chi connectivity index (χ2v) is 1.17. The highest BCUT2D eigenvalue weighted by molar-refractivity contribution is 6.18. The highest BCUT2D eigenvalue weighted by Gasteiger charge is 1.61. The van der Waals surface area contributed by atoms with E-state index >= 15 is 0 Å². The Bertz CT molecular complexity index is 39.0. The molecule has 0 spiro atoms. The number of hydrogen-bond acceptors (Lipinski definition) is 1. The van der Waals surface area contributed by atoms with Crippen LogP contribution < -0.4 is 5.73 Å². The second kappa shape index (κ2) is 9.56. The van der Waals surface area contributed by atoms with Crippen LogP contribution in [-0.4, -0.2) is 12.4 Å². The van der Waals surface area contributed by atoms with E-state index in [2.05, 4.69) is 0 Å². The van der Waals surface area contributed by atoms with Crippen molar-refractivity contribution in [3.05, 3.63) is 12.2 Å². The fourth-order valence-electron chi connectivity index (χ4n) is 0.159. The first kappa shape index (κ1) is 10.3. The molecule has 0 radical (unpaired) electrons. The summed E-state index contributed by atoms with van der Waals surface area (Å²) in [6.07, 6.45) is 3.65. The summed E-state index contributed by atoms with van der Waals surface area (Å²) in [6, 6.07) is 0. The molecule has 0 amide bonds. The molecule has 1 nitrogen and oxygen atoms in total. The van der Waals surface area contributed by atoms with Crippen LogP contribution in [0.3, 0.4) is 0 Å². The summed E-state index contributed by atoms with van der Waals surface area (Å²) in [7, 11) is 0. The molecule has 0 aliphatic rings. The first-order valence-electron chi connectivity index (χ1n) is 1.83. The van der Waals surface area contributed by atoms with E-state index in [4.69, 9.17) is 17.3 Å². The Balaban J connectivity index is 0. The van der Waals surface area contributed by atoms with Gasteiger partial charge < -0.3 is 5.73 Å². The topological polar surface area (TPSA) is 26.0 Å². The van der Waals surface area contributed by atoms with E-state index in [0.29, 0.717) is 12.4 Å². The summed E-state index contributed by atoms with van der Waals surface area (Å²) >= 11 is 5.24. The Morgan fingerprint density at radius 2 is 2.00 bits per heavy atom. The molecule has 0 heterocycles. The molecule has 0 fully saturated rings. The van der Waals surface area contributed by atoms with Crippen molar-refractivity contribution in [2.24, 2.45) is 5.73 Å². The molecule has 0 unspecified atom stereocenters. The highest BCUT2D eigenvalue weighted by atomic mass is 35.5. The van der Waals surface area contributed by atoms with E-state index in [1.165, 1.54) is 0 Å². The second-order valence-electron chi connectivity index (χ2n) is 0.861. The van der Waals surface area contributed by atoms with Crippen LogP contribution in [0.1, 0.15) is 0 Å². The van der Waals surface area contributed by atoms with Crippen molar-refractivity contribution in [1.29, 1.82) is 0 Å². The summed E-state index contributed by atoms with van der Waals surface area (Å²) < 4.78 is 0. The molecule has 44 valence electrons. The van der Waals surface area contributed by atoms with Crippen molar-refractivity contribution < 1.29 is 0 Å². The number of rotatable bonds is 2. The van der Waals surface area contributed by atoms with Crippen molar-refractivity contribution >= 4 is 24.0 Å². The van der Waals surface area contributed by atoms with Gasteiger partial charge in [0.05, 0.1) is 0 Å². The Labute approximate surface area is 54.9 Å². The normalized spacial score (nSPS) is 8.86. The third kappa shape index (κ3) is 10.7. The average Bonchev–Trinajstić information content (AvgIpc) is 1.61. The molecule has 0 bridgehead atoms. The zero-order chi connectivity index (χ0) is 4.83. The molecular formula is C4H9Cl2N. The van der Waals surface area contributed by atoms with Crippen LogP contribution >= 0.6 is 24.0 Å². The lowest BCUT2D eigenvalue weighted by atomic mass is 10.5. The monoisotopic (exact) mass is 141 g/mol. The van der Waals surface area contributed by atoms with Gasteiger partial charge in [-0.3, -0.25) is 0 Å². The molecule has 0 saturated heterocycles. The van der Waals surface area contributed by atoms with Crippen LogP contribution in [0, 0.1) is 0 Å². The van der Waals surface area contributed by atoms with Crippen molar-refractivity contribution in [1.82, 2.24) is 0 Å². The van der Waals surface area contributed by atoms with Gasteiger partial charge in [-0.2, -0.15) is 0 Å². The van der Waals surface area contributed by atoms with Crippen LogP contribution in [0.5, 0.6) is 0 Å². The maximum absolute atomic E-state index is 5.24. The number of hydrogen-bond donors (Lipinski definition) is 1. The van der Waals surface area contributed by atoms with Gasteiger partial charge in [-0.25, -0.2) is 0 Å². The van der Waals surface area contributed by atoms with E-state index in [9.17, 15) is 0 Å². The summed E-state index contributed by atoms with van der Waals surface area (Å²) in [6.45, 7) is 0.590. The average molecular weight is 142 g/mol. The van der Waals surface area contributed by atoms with Gasteiger partial charge in [-0.15, -0.1) is 24.0 Å². The van der Waals surface area contributed by atoms with Gasteiger partial charge >= 0.3 is 0 Å². The van der Waals surface area contributed by atoms with Gasteiger partial charge in [0.1, 0.15) is 0 Å². The molecule has 0 aliphatic heterocycles. The minimum Gasteiger partial charge on any atom is -0.327 e. The third-order valence-electron chi connectivity index (χ3n) is 0.392. The lowest BCUT2D eigenvalue weighted by Crippen LogP contribution is -1.91. The highest BCUT2D eigenvalue weighted by Crippen LogP contribution is 1.73. The Morgan fingerprint density at radius 3 is 2.14 bits per heavy atom. The molecule has 0 aromatic rings. The van der Waals surface area contributed by atoms with E-state index in [0.717, 1.165) is 0 Å². The molecule has 7 heavy (non-hydrogen) atoms. The molecular weight excluding hydrogens is 133 g/mol. The predicted octanol–water partition coefficient (Wildman–Crippen LogP) is 1.16. The van der Waals surface area contributed by atoms with E-state index in [1.807, 2.05) is 12.2 Å². The molecule has 0 rings (SSSR count). The predicted molar refractivity (Wildman–Crippen MR) is 36.2 cm³/mol. The molecule has 2 N–H and O–H groups in total. The largest absolute Gasteiger partial charge is 0.327 e. The standard InChI is InChI=1S/C4H8ClN.ClH/c5-3-1-2-4-6;/h1-2H,3-4,6H2;1H/b2-1-;. The summed E-state index contributed by atoms with van der Waals surface area (Å²) in [5.41, 5.74) is 5.07. The van der Waals surface area contributed by atoms with Crippen LogP contribution in [0.25, 0.3) is 0 Å². The smallest absolute Gasteiger partial charge is 0.0404 e. The molecule has 3 heteroatoms. The molecule has 0 atom stereocenters. The van der Waals surface area contributed by atoms with E-state index < -0.39 is 0 Å². The van der Waals surface area contributed by atoms with Crippen LogP contribution in [0.4, 0.5) is 0 Å². The lowest BCUT2D eigenvalue weighted by molar-refractivity contribution is 1.25. The molecule has 0 aromatic carbocycles. The Hall–Kier alpha value is 0.280. The van der Waals surface area contributed by atoms with Gasteiger partial charge in [-0.05, 0) is 0 Å². The minimum absolute atomic E-state index is 0. The zero-order valence-electron chi connectivity index (χ0n) is 3.93. The van der Waals surface area contributed by atoms with Crippen molar-refractivity contribution in [3.8, 4) is 0 Å². The lowest BCUT2D eigenvalue weighted by Gasteiger charge is -1.72. The van der Waals surface area contributed by atoms with E-state index in [1.54, 1.807) is 0 Å². The van der Waals surface area contributed by atoms with E-state index in [-0.39, 0.29) is 12.4 Å². The van der Waals surface area contributed by atoms with Gasteiger partial charge in [-0.1, -0.05) is 12.2 Å². The summed E-state index contributed by atoms with van der Waals surface area (Å²) in [5.74, 6) is 0.567. The Morgan fingerprint density at radius 1 is 1.43 bits per heavy atom. The van der Waals surface area contributed by atoms with Crippen molar-refractivity contribution in [2.45, 2.75) is 0 Å². The molecule has 0 saturated carbocycles. The maximum atomic E-state index is 5.24. The van der Waals surface area contributed by atoms with Gasteiger partial charge in [0.25, 0.3) is 0 Å². The quantitative estimate of drug-likeness (QED) is 0.454. The zero-order valence-corrected chi connectivity index (χ0v) is 5.50. The fourth-order valence-corrected chi connectivity index (χ4v) is 0.285. The Kier molecular flexibility index (Phi) is 14.1. The van der Waals surface area contributed by atoms with Crippen LogP contribution in [-0.2, 0) is 0 Å². The van der Waals surface area contributed by atoms with Crippen LogP contribution in [0.2, 0.25) is 0 Å². The first-order chi connectivity index (χ1) is 2.91. The number of allylic oxidation sites excluding steroid dienone is 1.